The molecule has 5 aromatic heterocycles. The molecule has 35 heteroatoms. The highest BCUT2D eigenvalue weighted by Crippen LogP contribution is 2.34. The summed E-state index contributed by atoms with van der Waals surface area (Å²) in [5.41, 5.74) is 25.2. The summed E-state index contributed by atoms with van der Waals surface area (Å²) in [6, 6.07) is -6.12. The van der Waals surface area contributed by atoms with Crippen molar-refractivity contribution in [3.63, 3.8) is 0 Å². The minimum Gasteiger partial charge on any atom is -0.393 e. The molecular weight excluding hydrogens is 1470 g/mol. The number of amides is 5. The number of primary amides is 5. The fraction of sp³-hybridized carbons (Fsp3) is 0.688. The summed E-state index contributed by atoms with van der Waals surface area (Å²) in [7, 11) is 0. The van der Waals surface area contributed by atoms with E-state index in [1.807, 2.05) is 104 Å². The second kappa shape index (κ2) is 40.9. The fourth-order valence-electron chi connectivity index (χ4n) is 11.3. The van der Waals surface area contributed by atoms with Crippen molar-refractivity contribution in [3.05, 3.63) is 58.8 Å². The molecule has 10 rings (SSSR count). The average molecular weight is 1630 g/mol. The number of aliphatic hydroxyl groups is 5. The molecule has 5 aliphatic rings. The number of nitrogens with two attached hydrogens (primary N) is 5. The number of rotatable bonds is 20. The van der Waals surface area contributed by atoms with Crippen LogP contribution in [-0.2, 0) is 0 Å². The van der Waals surface area contributed by atoms with E-state index < -0.39 is 158 Å². The van der Waals surface area contributed by atoms with Gasteiger partial charge in [0.15, 0.2) is 0 Å². The van der Waals surface area contributed by atoms with Crippen LogP contribution in [0.1, 0.15) is 312 Å². The summed E-state index contributed by atoms with van der Waals surface area (Å²) in [6.45, 7) is 28.5. The number of carbonyl (C=O) groups is 5. The first kappa shape index (κ1) is 68.7. The van der Waals surface area contributed by atoms with Crippen LogP contribution in [0.3, 0.4) is 0 Å². The molecule has 0 saturated heterocycles. The van der Waals surface area contributed by atoms with Crippen LogP contribution in [0, 0.1) is 29.5 Å². The Morgan fingerprint density at radius 3 is 0.922 bits per heavy atom. The maximum Gasteiger partial charge on any atom is 0.254 e. The van der Waals surface area contributed by atoms with E-state index in [9.17, 15) is 49.5 Å². The molecule has 0 aromatic carbocycles. The zero-order chi connectivity index (χ0) is 103. The van der Waals surface area contributed by atoms with Gasteiger partial charge in [-0.25, -0.2) is 24.9 Å². The normalized spacial score (nSPS) is 32.6. The quantitative estimate of drug-likeness (QED) is 0.0346. The van der Waals surface area contributed by atoms with Gasteiger partial charge in [-0.15, -0.1) is 0 Å². The molecule has 5 aromatic rings. The van der Waals surface area contributed by atoms with Crippen LogP contribution >= 0.6 is 0 Å². The first-order chi connectivity index (χ1) is 60.5. The first-order valence-electron chi connectivity index (χ1n) is 47.6. The van der Waals surface area contributed by atoms with E-state index >= 15 is 0 Å². The van der Waals surface area contributed by atoms with Gasteiger partial charge in [-0.05, 0) is 229 Å². The van der Waals surface area contributed by atoms with Crippen LogP contribution in [0.15, 0.2) is 31.0 Å². The molecule has 5 fully saturated rings. The number of anilines is 10. The minimum absolute atomic E-state index is 0.00752. The second-order valence-electron chi connectivity index (χ2n) is 34.1. The Morgan fingerprint density at radius 1 is 0.365 bits per heavy atom. The lowest BCUT2D eigenvalue weighted by atomic mass is 9.85. The zero-order valence-electron chi connectivity index (χ0n) is 88.0. The Balaban J connectivity index is 0.000000258. The lowest BCUT2D eigenvalue weighted by molar-refractivity contribution is 0.0737. The average Bonchev–Trinajstić information content (AvgIpc) is 0.703. The molecule has 640 valence electrons. The highest BCUT2D eigenvalue weighted by Gasteiger charge is 2.34. The molecular formula is C80H135N25O10. The Hall–Kier alpha value is -9.45. The van der Waals surface area contributed by atoms with E-state index in [0.29, 0.717) is 62.2 Å². The molecule has 0 radical (unpaired) electrons. The summed E-state index contributed by atoms with van der Waals surface area (Å²) >= 11 is 0. The third kappa shape index (κ3) is 31.9. The van der Waals surface area contributed by atoms with Gasteiger partial charge in [0.05, 0.1) is 61.1 Å². The van der Waals surface area contributed by atoms with Gasteiger partial charge < -0.3 is 107 Å². The minimum atomic E-state index is -2.85. The van der Waals surface area contributed by atoms with E-state index in [1.165, 1.54) is 32.4 Å². The van der Waals surface area contributed by atoms with Gasteiger partial charge in [0.1, 0.15) is 29.1 Å². The number of aromatic nitrogens is 10. The molecule has 5 saturated carbocycles. The van der Waals surface area contributed by atoms with Crippen molar-refractivity contribution in [2.75, 3.05) is 53.2 Å². The summed E-state index contributed by atoms with van der Waals surface area (Å²) in [4.78, 5) is 100. The van der Waals surface area contributed by atoms with Crippen LogP contribution in [0.4, 0.5) is 58.8 Å². The third-order valence-electron chi connectivity index (χ3n) is 17.4. The van der Waals surface area contributed by atoms with Crippen molar-refractivity contribution >= 4 is 88.4 Å². The van der Waals surface area contributed by atoms with Crippen molar-refractivity contribution in [2.45, 2.75) is 323 Å². The topological polar surface area (TPSA) is 566 Å². The Morgan fingerprint density at radius 2 is 0.643 bits per heavy atom. The summed E-state index contributed by atoms with van der Waals surface area (Å²) < 4.78 is 153. The molecule has 16 atom stereocenters. The number of aliphatic hydroxyl groups excluding tert-OH is 5. The molecule has 0 bridgehead atoms. The van der Waals surface area contributed by atoms with Gasteiger partial charge in [0, 0.05) is 112 Å². The lowest BCUT2D eigenvalue weighted by Crippen LogP contribution is -2.36. The van der Waals surface area contributed by atoms with E-state index in [0.717, 1.165) is 12.4 Å². The lowest BCUT2D eigenvalue weighted by Gasteiger charge is -2.32. The van der Waals surface area contributed by atoms with E-state index in [-0.39, 0.29) is 123 Å². The van der Waals surface area contributed by atoms with E-state index in [4.69, 9.17) is 54.7 Å². The van der Waals surface area contributed by atoms with E-state index in [2.05, 4.69) is 103 Å². The molecule has 0 aliphatic heterocycles. The summed E-state index contributed by atoms with van der Waals surface area (Å²) in [5, 5.41) is 80.7. The van der Waals surface area contributed by atoms with Gasteiger partial charge in [-0.2, -0.15) is 24.9 Å². The number of nitrogens with one attached hydrogen (secondary N) is 10. The van der Waals surface area contributed by atoms with Crippen molar-refractivity contribution in [1.29, 1.82) is 0 Å². The number of hydrogen-bond acceptors (Lipinski definition) is 30. The van der Waals surface area contributed by atoms with Crippen molar-refractivity contribution < 1.29 is 75.5 Å². The number of nitrogens with zero attached hydrogens (tertiary/aromatic N) is 10. The number of carbonyl (C=O) groups excluding carboxylic acids is 5. The maximum absolute atomic E-state index is 11.8. The van der Waals surface area contributed by atoms with Gasteiger partial charge in [-0.3, -0.25) is 24.0 Å². The highest BCUT2D eigenvalue weighted by atomic mass is 16.3. The summed E-state index contributed by atoms with van der Waals surface area (Å²) in [6.07, 6.45) is -9.39. The molecule has 5 amide bonds. The van der Waals surface area contributed by atoms with Crippen LogP contribution in [-0.4, -0.2) is 193 Å². The van der Waals surface area contributed by atoms with Gasteiger partial charge in [-0.1, -0.05) is 34.5 Å². The molecule has 35 nitrogen and oxygen atoms in total. The fourth-order valence-corrected chi connectivity index (χ4v) is 11.3. The van der Waals surface area contributed by atoms with Crippen LogP contribution in [0.25, 0.3) is 0 Å². The molecule has 25 N–H and O–H groups in total. The predicted octanol–water partition coefficient (Wildman–Crippen LogP) is 8.74. The van der Waals surface area contributed by atoms with Gasteiger partial charge >= 0.3 is 0 Å². The molecule has 16 unspecified atom stereocenters. The Kier molecular flexibility index (Phi) is 24.5. The van der Waals surface area contributed by atoms with Gasteiger partial charge in [0.25, 0.3) is 29.5 Å². The molecule has 0 spiro atoms. The van der Waals surface area contributed by atoms with Gasteiger partial charge in [0.2, 0.25) is 29.7 Å². The molecule has 115 heavy (non-hydrogen) atoms. The van der Waals surface area contributed by atoms with Crippen LogP contribution in [0.5, 0.6) is 0 Å². The largest absolute Gasteiger partial charge is 0.393 e. The summed E-state index contributed by atoms with van der Waals surface area (Å²) in [5.74, 6) is -7.70. The second-order valence-corrected chi connectivity index (χ2v) is 34.1. The highest BCUT2D eigenvalue weighted by molar-refractivity contribution is 6.00. The third-order valence-corrected chi connectivity index (χ3v) is 17.4. The monoisotopic (exact) mass is 1630 g/mol. The Labute approximate surface area is 704 Å². The smallest absolute Gasteiger partial charge is 0.254 e. The van der Waals surface area contributed by atoms with Crippen molar-refractivity contribution in [2.24, 2.45) is 58.2 Å². The molecule has 5 heterocycles. The zero-order valence-corrected chi connectivity index (χ0v) is 69.0. The van der Waals surface area contributed by atoms with Crippen molar-refractivity contribution in [1.82, 2.24) is 49.8 Å². The first-order valence-corrected chi connectivity index (χ1v) is 38.0. The van der Waals surface area contributed by atoms with E-state index in [1.54, 1.807) is 6.92 Å². The van der Waals surface area contributed by atoms with Crippen LogP contribution in [0.2, 0.25) is 0 Å². The van der Waals surface area contributed by atoms with Crippen LogP contribution < -0.4 is 81.8 Å². The maximum atomic E-state index is 11.8. The van der Waals surface area contributed by atoms with Crippen molar-refractivity contribution in [3.8, 4) is 0 Å². The predicted molar refractivity (Wildman–Crippen MR) is 452 cm³/mol. The SMILES string of the molecule is [2H]C([2H])([2H])C1([2H])CCC(Nc2nc(NC(C)(C)C)ncc2C(N)=O)CC1O.[2H]C([2H])([2H])C1CCC(Nc2nc(NC(C)(C)C)ncc2C(N)=O)CC1O.[2H]C1(C)CCC(Nc2nc(NC(C)(C)C)ncc2C(N)=O)CC1O.[2H]C1([2H])CC(C)C(O)C([2H])([2H])C1([2H])Nc1nc(NC(C)(C)C)ncc1C(N)=O.[2H]C1C(C)C(O)C([2H])([2H])C([2H])(Nc2nc(NC(C)(C)C)ncc2C(N)=O)C1([2H])[2H]. The molecule has 5 aliphatic carbocycles. The number of hydrogen-bond donors (Lipinski definition) is 20. The Bertz CT molecular complexity index is 4920. The standard InChI is InChI=1S/5C16H27N5O2/c5*1-9-5-6-10(7-12(9)22)19-14-11(13(17)23)8-18-15(20-14)21-16(2,3)4/h5*8-10,12,22H,5-7H2,1-4H3,(H2,17,23)(H2,18,19,20,21)/i5D,6D2,7D2,10D;6D2,7D2,10D;1D3,9D;9D;1D3.